The molecular weight excluding hydrogens is 394 g/mol. The van der Waals surface area contributed by atoms with Gasteiger partial charge in [-0.15, -0.1) is 0 Å². The first-order chi connectivity index (χ1) is 14.6. The number of benzene rings is 3. The molecule has 0 radical (unpaired) electrons. The Bertz CT molecular complexity index is 1260. The summed E-state index contributed by atoms with van der Waals surface area (Å²) in [6, 6.07) is 23.0. The zero-order valence-electron chi connectivity index (χ0n) is 16.7. The molecule has 4 rings (SSSR count). The topological polar surface area (TPSA) is 39.2 Å². The second kappa shape index (κ2) is 8.52. The molecule has 1 aromatic heterocycles. The molecule has 0 fully saturated rings. The van der Waals surface area contributed by atoms with Gasteiger partial charge in [-0.1, -0.05) is 60.1 Å². The van der Waals surface area contributed by atoms with E-state index in [0.29, 0.717) is 22.0 Å². The molecule has 4 aromatic rings. The average molecular weight is 414 g/mol. The third kappa shape index (κ3) is 3.85. The fourth-order valence-corrected chi connectivity index (χ4v) is 3.73. The van der Waals surface area contributed by atoms with Crippen molar-refractivity contribution in [3.8, 4) is 16.9 Å². The van der Waals surface area contributed by atoms with Crippen LogP contribution in [0.2, 0.25) is 5.02 Å². The van der Waals surface area contributed by atoms with Gasteiger partial charge in [0, 0.05) is 27.2 Å². The van der Waals surface area contributed by atoms with Crippen LogP contribution in [0.5, 0.6) is 5.75 Å². The molecule has 0 atom stereocenters. The van der Waals surface area contributed by atoms with Crippen molar-refractivity contribution in [3.63, 3.8) is 0 Å². The predicted molar refractivity (Wildman–Crippen MR) is 123 cm³/mol. The molecule has 0 unspecified atom stereocenters. The van der Waals surface area contributed by atoms with Crippen molar-refractivity contribution in [1.29, 1.82) is 0 Å². The van der Waals surface area contributed by atoms with Crippen LogP contribution in [-0.2, 0) is 0 Å². The number of methoxy groups -OCH3 is 1. The minimum atomic E-state index is -0.110. The quantitative estimate of drug-likeness (QED) is 0.268. The van der Waals surface area contributed by atoms with Crippen LogP contribution in [0, 0.1) is 6.92 Å². The number of fused-ring (bicyclic) bond motifs is 1. The van der Waals surface area contributed by atoms with Crippen LogP contribution in [0.1, 0.15) is 21.6 Å². The third-order valence-corrected chi connectivity index (χ3v) is 5.26. The van der Waals surface area contributed by atoms with Crippen molar-refractivity contribution >= 4 is 34.4 Å². The molecule has 0 aliphatic carbocycles. The van der Waals surface area contributed by atoms with Crippen molar-refractivity contribution in [1.82, 2.24) is 4.98 Å². The molecule has 4 heteroatoms. The van der Waals surface area contributed by atoms with Gasteiger partial charge in [0.1, 0.15) is 5.75 Å². The zero-order chi connectivity index (χ0) is 21.1. The fraction of sp³-hybridized carbons (Fsp3) is 0.0769. The van der Waals surface area contributed by atoms with Crippen LogP contribution in [0.25, 0.3) is 28.1 Å². The molecule has 3 aromatic carbocycles. The lowest BCUT2D eigenvalue weighted by Crippen LogP contribution is -2.05. The Balaban J connectivity index is 1.88. The van der Waals surface area contributed by atoms with E-state index in [2.05, 4.69) is 4.98 Å². The number of nitrogens with zero attached hydrogens (tertiary/aromatic N) is 1. The first-order valence-corrected chi connectivity index (χ1v) is 9.97. The van der Waals surface area contributed by atoms with Gasteiger partial charge in [-0.05, 0) is 48.9 Å². The number of allylic oxidation sites excluding steroid dienone is 1. The first kappa shape index (κ1) is 19.9. The number of carbonyl (C=O) groups excluding carboxylic acids is 1. The van der Waals surface area contributed by atoms with Crippen LogP contribution in [0.3, 0.4) is 0 Å². The number of para-hydroxylation sites is 2. The second-order valence-electron chi connectivity index (χ2n) is 6.91. The van der Waals surface area contributed by atoms with Crippen LogP contribution >= 0.6 is 11.6 Å². The highest BCUT2D eigenvalue weighted by Crippen LogP contribution is 2.34. The molecule has 0 bridgehead atoms. The van der Waals surface area contributed by atoms with E-state index in [1.807, 2.05) is 79.7 Å². The number of rotatable bonds is 5. The van der Waals surface area contributed by atoms with Crippen molar-refractivity contribution in [2.75, 3.05) is 7.11 Å². The van der Waals surface area contributed by atoms with Crippen molar-refractivity contribution in [2.24, 2.45) is 0 Å². The molecule has 30 heavy (non-hydrogen) atoms. The molecule has 0 N–H and O–H groups in total. The van der Waals surface area contributed by atoms with E-state index >= 15 is 0 Å². The Kier molecular flexibility index (Phi) is 5.64. The highest BCUT2D eigenvalue weighted by Gasteiger charge is 2.19. The number of aromatic nitrogens is 1. The van der Waals surface area contributed by atoms with E-state index in [1.54, 1.807) is 19.3 Å². The summed E-state index contributed by atoms with van der Waals surface area (Å²) >= 11 is 6.09. The van der Waals surface area contributed by atoms with Crippen LogP contribution in [-0.4, -0.2) is 17.9 Å². The van der Waals surface area contributed by atoms with E-state index in [-0.39, 0.29) is 5.78 Å². The molecule has 0 amide bonds. The summed E-state index contributed by atoms with van der Waals surface area (Å²) in [5, 5.41) is 1.58. The largest absolute Gasteiger partial charge is 0.496 e. The molecule has 0 saturated carbocycles. The van der Waals surface area contributed by atoms with E-state index in [1.165, 1.54) is 0 Å². The summed E-state index contributed by atoms with van der Waals surface area (Å²) < 4.78 is 5.38. The van der Waals surface area contributed by atoms with Gasteiger partial charge in [0.25, 0.3) is 0 Å². The SMILES string of the molecule is COc1ccccc1C=CC(=O)c1c(C)nc2ccccc2c1-c1ccc(Cl)cc1. The number of aryl methyl sites for hydroxylation is 1. The van der Waals surface area contributed by atoms with E-state index < -0.39 is 0 Å². The van der Waals surface area contributed by atoms with Crippen LogP contribution in [0.4, 0.5) is 0 Å². The maximum atomic E-state index is 13.3. The van der Waals surface area contributed by atoms with Gasteiger partial charge in [0.15, 0.2) is 5.78 Å². The zero-order valence-corrected chi connectivity index (χ0v) is 17.5. The smallest absolute Gasteiger partial charge is 0.188 e. The first-order valence-electron chi connectivity index (χ1n) is 9.59. The molecule has 0 aliphatic heterocycles. The van der Waals surface area contributed by atoms with Gasteiger partial charge >= 0.3 is 0 Å². The van der Waals surface area contributed by atoms with Gasteiger partial charge in [-0.3, -0.25) is 9.78 Å². The van der Waals surface area contributed by atoms with Gasteiger partial charge in [0.2, 0.25) is 0 Å². The maximum absolute atomic E-state index is 13.3. The average Bonchev–Trinajstić information content (AvgIpc) is 2.77. The monoisotopic (exact) mass is 413 g/mol. The lowest BCUT2D eigenvalue weighted by Gasteiger charge is -2.14. The normalized spacial score (nSPS) is 11.2. The number of hydrogen-bond donors (Lipinski definition) is 0. The minimum absolute atomic E-state index is 0.110. The van der Waals surface area contributed by atoms with Crippen LogP contribution < -0.4 is 4.74 Å². The van der Waals surface area contributed by atoms with Gasteiger partial charge in [-0.25, -0.2) is 0 Å². The van der Waals surface area contributed by atoms with Gasteiger partial charge in [0.05, 0.1) is 18.2 Å². The standard InChI is InChI=1S/C26H20ClNO2/c1-17-25(23(29)16-13-18-7-3-6-10-24(18)30-2)26(19-11-14-20(27)15-12-19)21-8-4-5-9-22(21)28-17/h3-16H,1-2H3. The molecule has 0 spiro atoms. The minimum Gasteiger partial charge on any atom is -0.496 e. The maximum Gasteiger partial charge on any atom is 0.188 e. The lowest BCUT2D eigenvalue weighted by atomic mass is 9.92. The Morgan fingerprint density at radius 3 is 2.43 bits per heavy atom. The second-order valence-corrected chi connectivity index (χ2v) is 7.35. The van der Waals surface area contributed by atoms with Gasteiger partial charge < -0.3 is 4.74 Å². The van der Waals surface area contributed by atoms with E-state index in [0.717, 1.165) is 27.6 Å². The third-order valence-electron chi connectivity index (χ3n) is 5.01. The summed E-state index contributed by atoms with van der Waals surface area (Å²) in [5.41, 5.74) is 4.76. The summed E-state index contributed by atoms with van der Waals surface area (Å²) in [5.74, 6) is 0.606. The molecular formula is C26H20ClNO2. The Morgan fingerprint density at radius 1 is 0.967 bits per heavy atom. The molecule has 0 aliphatic rings. The molecule has 148 valence electrons. The Morgan fingerprint density at radius 2 is 1.67 bits per heavy atom. The van der Waals surface area contributed by atoms with Crippen molar-refractivity contribution < 1.29 is 9.53 Å². The van der Waals surface area contributed by atoms with Crippen molar-refractivity contribution in [3.05, 3.63) is 101 Å². The molecule has 3 nitrogen and oxygen atoms in total. The van der Waals surface area contributed by atoms with Gasteiger partial charge in [-0.2, -0.15) is 0 Å². The summed E-state index contributed by atoms with van der Waals surface area (Å²) in [6.45, 7) is 1.87. The number of halogens is 1. The summed E-state index contributed by atoms with van der Waals surface area (Å²) in [6.07, 6.45) is 3.36. The highest BCUT2D eigenvalue weighted by molar-refractivity contribution is 6.30. The predicted octanol–water partition coefficient (Wildman–Crippen LogP) is 6.77. The number of ketones is 1. The molecule has 0 saturated heterocycles. The summed E-state index contributed by atoms with van der Waals surface area (Å²) in [4.78, 5) is 18.0. The fourth-order valence-electron chi connectivity index (χ4n) is 3.61. The van der Waals surface area contributed by atoms with Crippen molar-refractivity contribution in [2.45, 2.75) is 6.92 Å². The number of hydrogen-bond acceptors (Lipinski definition) is 3. The number of ether oxygens (including phenoxy) is 1. The Hall–Kier alpha value is -3.43. The van der Waals surface area contributed by atoms with Crippen LogP contribution in [0.15, 0.2) is 78.9 Å². The van der Waals surface area contributed by atoms with E-state index in [9.17, 15) is 4.79 Å². The number of pyridine rings is 1. The number of carbonyl (C=O) groups is 1. The highest BCUT2D eigenvalue weighted by atomic mass is 35.5. The summed E-state index contributed by atoms with van der Waals surface area (Å²) in [7, 11) is 1.62. The molecule has 1 heterocycles. The lowest BCUT2D eigenvalue weighted by molar-refractivity contribution is 0.104. The van der Waals surface area contributed by atoms with E-state index in [4.69, 9.17) is 16.3 Å². The Labute approximate surface area is 180 Å².